The van der Waals surface area contributed by atoms with Crippen LogP contribution in [0.2, 0.25) is 0 Å². The number of H-pyrrole nitrogens is 1. The highest BCUT2D eigenvalue weighted by Crippen LogP contribution is 2.09. The van der Waals surface area contributed by atoms with Gasteiger partial charge in [0.15, 0.2) is 0 Å². The predicted molar refractivity (Wildman–Crippen MR) is 62.5 cm³/mol. The van der Waals surface area contributed by atoms with Crippen LogP contribution in [-0.4, -0.2) is 9.97 Å². The van der Waals surface area contributed by atoms with E-state index in [1.807, 2.05) is 55.1 Å². The van der Waals surface area contributed by atoms with Crippen LogP contribution in [0.25, 0.3) is 10.8 Å². The summed E-state index contributed by atoms with van der Waals surface area (Å²) < 4.78 is 0. The smallest absolute Gasteiger partial charge is 0.0346 e. The Bertz CT molecular complexity index is 418. The molecule has 0 amide bonds. The Hall–Kier alpha value is -2.09. The van der Waals surface area contributed by atoms with Crippen molar-refractivity contribution in [2.45, 2.75) is 0 Å². The van der Waals surface area contributed by atoms with Crippen molar-refractivity contribution in [3.05, 3.63) is 67.3 Å². The standard InChI is InChI=1S/C9H7N.C4H5N/c1-2-4-9-7-10-6-5-8(9)3-1;1-2-4-5-3-1/h1-7H;1-5H. The summed E-state index contributed by atoms with van der Waals surface area (Å²) in [5.41, 5.74) is 0. The molecule has 0 aliphatic heterocycles. The quantitative estimate of drug-likeness (QED) is 0.587. The number of nitrogens with zero attached hydrogens (tertiary/aromatic N) is 1. The lowest BCUT2D eigenvalue weighted by Crippen LogP contribution is -1.71. The van der Waals surface area contributed by atoms with Crippen molar-refractivity contribution < 1.29 is 0 Å². The van der Waals surface area contributed by atoms with E-state index < -0.39 is 0 Å². The van der Waals surface area contributed by atoms with Gasteiger partial charge in [-0.25, -0.2) is 0 Å². The number of pyridine rings is 1. The fraction of sp³-hybridized carbons (Fsp3) is 0. The second-order valence-corrected chi connectivity index (χ2v) is 3.11. The molecule has 1 aromatic carbocycles. The lowest BCUT2D eigenvalue weighted by molar-refractivity contribution is 1.36. The molecule has 2 heterocycles. The van der Waals surface area contributed by atoms with E-state index in [0.717, 1.165) is 0 Å². The zero-order chi connectivity index (χ0) is 10.3. The van der Waals surface area contributed by atoms with Gasteiger partial charge in [0.1, 0.15) is 0 Å². The Morgan fingerprint density at radius 1 is 0.800 bits per heavy atom. The molecule has 15 heavy (non-hydrogen) atoms. The first-order valence-corrected chi connectivity index (χ1v) is 4.83. The van der Waals surface area contributed by atoms with E-state index in [0.29, 0.717) is 0 Å². The number of fused-ring (bicyclic) bond motifs is 1. The zero-order valence-electron chi connectivity index (χ0n) is 8.30. The SMILES string of the molecule is c1cc[nH]c1.c1ccc2cnccc2c1. The molecule has 0 radical (unpaired) electrons. The van der Waals surface area contributed by atoms with Crippen LogP contribution in [0.5, 0.6) is 0 Å². The van der Waals surface area contributed by atoms with E-state index in [-0.39, 0.29) is 0 Å². The summed E-state index contributed by atoms with van der Waals surface area (Å²) in [5.74, 6) is 0. The molecule has 2 nitrogen and oxygen atoms in total. The third-order valence-corrected chi connectivity index (χ3v) is 2.05. The van der Waals surface area contributed by atoms with Gasteiger partial charge in [-0.1, -0.05) is 24.3 Å². The van der Waals surface area contributed by atoms with Crippen LogP contribution in [0.3, 0.4) is 0 Å². The highest BCUT2D eigenvalue weighted by Gasteiger charge is 1.86. The highest BCUT2D eigenvalue weighted by molar-refractivity contribution is 5.80. The maximum absolute atomic E-state index is 4.01. The summed E-state index contributed by atoms with van der Waals surface area (Å²) >= 11 is 0. The summed E-state index contributed by atoms with van der Waals surface area (Å²) in [6.07, 6.45) is 7.43. The molecule has 2 heteroatoms. The molecule has 0 saturated carbocycles. The Labute approximate surface area is 88.6 Å². The van der Waals surface area contributed by atoms with Gasteiger partial charge in [-0.15, -0.1) is 0 Å². The van der Waals surface area contributed by atoms with Gasteiger partial charge in [-0.05, 0) is 29.0 Å². The first-order chi connectivity index (χ1) is 7.47. The zero-order valence-corrected chi connectivity index (χ0v) is 8.30. The van der Waals surface area contributed by atoms with Gasteiger partial charge < -0.3 is 4.98 Å². The van der Waals surface area contributed by atoms with Crippen LogP contribution < -0.4 is 0 Å². The third kappa shape index (κ3) is 2.68. The first kappa shape index (κ1) is 9.46. The molecule has 1 N–H and O–H groups in total. The third-order valence-electron chi connectivity index (χ3n) is 2.05. The topological polar surface area (TPSA) is 28.7 Å². The van der Waals surface area contributed by atoms with Crippen LogP contribution in [0.15, 0.2) is 67.3 Å². The van der Waals surface area contributed by atoms with Gasteiger partial charge in [0.25, 0.3) is 0 Å². The van der Waals surface area contributed by atoms with Crippen molar-refractivity contribution in [2.24, 2.45) is 0 Å². The van der Waals surface area contributed by atoms with Gasteiger partial charge >= 0.3 is 0 Å². The molecule has 0 atom stereocenters. The van der Waals surface area contributed by atoms with E-state index in [2.05, 4.69) is 22.1 Å². The molecule has 0 bridgehead atoms. The molecule has 74 valence electrons. The van der Waals surface area contributed by atoms with Gasteiger partial charge in [0.05, 0.1) is 0 Å². The Balaban J connectivity index is 0.000000144. The number of benzene rings is 1. The maximum atomic E-state index is 4.01. The van der Waals surface area contributed by atoms with Crippen LogP contribution in [0.4, 0.5) is 0 Å². The molecule has 0 aliphatic rings. The monoisotopic (exact) mass is 196 g/mol. The average Bonchev–Trinajstić information content (AvgIpc) is 2.88. The molecule has 0 fully saturated rings. The lowest BCUT2D eigenvalue weighted by Gasteiger charge is -1.91. The van der Waals surface area contributed by atoms with E-state index in [9.17, 15) is 0 Å². The van der Waals surface area contributed by atoms with Crippen molar-refractivity contribution in [3.63, 3.8) is 0 Å². The Morgan fingerprint density at radius 2 is 1.53 bits per heavy atom. The van der Waals surface area contributed by atoms with Crippen LogP contribution in [0, 0.1) is 0 Å². The van der Waals surface area contributed by atoms with Crippen LogP contribution in [-0.2, 0) is 0 Å². The normalized spacial score (nSPS) is 9.33. The molecule has 0 unspecified atom stereocenters. The average molecular weight is 196 g/mol. The minimum atomic E-state index is 1.20. The summed E-state index contributed by atoms with van der Waals surface area (Å²) in [6.45, 7) is 0. The largest absolute Gasteiger partial charge is 0.368 e. The number of rotatable bonds is 0. The van der Waals surface area contributed by atoms with Crippen molar-refractivity contribution >= 4 is 10.8 Å². The van der Waals surface area contributed by atoms with E-state index in [1.165, 1.54) is 10.8 Å². The number of hydrogen-bond acceptors (Lipinski definition) is 1. The van der Waals surface area contributed by atoms with E-state index in [1.54, 1.807) is 0 Å². The number of hydrogen-bond donors (Lipinski definition) is 1. The summed E-state index contributed by atoms with van der Waals surface area (Å²) in [4.78, 5) is 6.87. The van der Waals surface area contributed by atoms with Crippen molar-refractivity contribution in [1.29, 1.82) is 0 Å². The molecule has 3 rings (SSSR count). The van der Waals surface area contributed by atoms with E-state index >= 15 is 0 Å². The van der Waals surface area contributed by atoms with Gasteiger partial charge in [0, 0.05) is 24.8 Å². The molecular weight excluding hydrogens is 184 g/mol. The molecule has 0 spiro atoms. The lowest BCUT2D eigenvalue weighted by atomic mass is 10.2. The van der Waals surface area contributed by atoms with Gasteiger partial charge in [-0.3, -0.25) is 4.98 Å². The highest BCUT2D eigenvalue weighted by atomic mass is 14.6. The molecule has 0 saturated heterocycles. The summed E-state index contributed by atoms with van der Waals surface area (Å²) in [5, 5.41) is 2.45. The summed E-state index contributed by atoms with van der Waals surface area (Å²) in [7, 11) is 0. The fourth-order valence-corrected chi connectivity index (χ4v) is 1.30. The molecule has 2 aromatic heterocycles. The van der Waals surface area contributed by atoms with Gasteiger partial charge in [0.2, 0.25) is 0 Å². The molecule has 3 aromatic rings. The minimum absolute atomic E-state index is 1.20. The second kappa shape index (κ2) is 4.96. The molecule has 0 aliphatic carbocycles. The number of aromatic nitrogens is 2. The Morgan fingerprint density at radius 3 is 2.13 bits per heavy atom. The van der Waals surface area contributed by atoms with Crippen molar-refractivity contribution in [3.8, 4) is 0 Å². The van der Waals surface area contributed by atoms with E-state index in [4.69, 9.17) is 0 Å². The van der Waals surface area contributed by atoms with Crippen LogP contribution >= 0.6 is 0 Å². The first-order valence-electron chi connectivity index (χ1n) is 4.83. The van der Waals surface area contributed by atoms with Crippen molar-refractivity contribution in [1.82, 2.24) is 9.97 Å². The predicted octanol–water partition coefficient (Wildman–Crippen LogP) is 3.25. The van der Waals surface area contributed by atoms with Crippen LogP contribution in [0.1, 0.15) is 0 Å². The molecular formula is C13H12N2. The number of aromatic amines is 1. The maximum Gasteiger partial charge on any atom is 0.0346 e. The minimum Gasteiger partial charge on any atom is -0.368 e. The summed E-state index contributed by atoms with van der Waals surface area (Å²) in [6, 6.07) is 14.1. The Kier molecular flexibility index (Phi) is 3.13. The fourth-order valence-electron chi connectivity index (χ4n) is 1.30. The van der Waals surface area contributed by atoms with Crippen molar-refractivity contribution in [2.75, 3.05) is 0 Å². The van der Waals surface area contributed by atoms with Gasteiger partial charge in [-0.2, -0.15) is 0 Å². The second-order valence-electron chi connectivity index (χ2n) is 3.11. The number of nitrogens with one attached hydrogen (secondary N) is 1.